The number of aromatic nitrogens is 1. The number of nitrogens with one attached hydrogen (secondary N) is 1. The number of benzene rings is 1. The Hall–Kier alpha value is -2.10. The molecule has 1 aromatic heterocycles. The summed E-state index contributed by atoms with van der Waals surface area (Å²) in [5.74, 6) is 0.380. The van der Waals surface area contributed by atoms with E-state index >= 15 is 0 Å². The molecule has 1 fully saturated rings. The van der Waals surface area contributed by atoms with Gasteiger partial charge >= 0.3 is 0 Å². The van der Waals surface area contributed by atoms with Gasteiger partial charge < -0.3 is 9.88 Å². The van der Waals surface area contributed by atoms with Gasteiger partial charge in [-0.1, -0.05) is 50.8 Å². The number of amides is 1. The molecule has 1 aliphatic carbocycles. The normalized spacial score (nSPS) is 15.4. The van der Waals surface area contributed by atoms with Crippen LogP contribution in [0.4, 0.5) is 0 Å². The predicted molar refractivity (Wildman–Crippen MR) is 101 cm³/mol. The molecule has 3 rings (SSSR count). The lowest BCUT2D eigenvalue weighted by Gasteiger charge is -2.29. The monoisotopic (exact) mass is 340 g/mol. The number of unbranched alkanes of at least 4 members (excludes halogenated alkanes) is 1. The summed E-state index contributed by atoms with van der Waals surface area (Å²) in [5, 5.41) is 1.01. The van der Waals surface area contributed by atoms with Crippen molar-refractivity contribution in [2.24, 2.45) is 5.92 Å². The second-order valence-corrected chi connectivity index (χ2v) is 7.16. The van der Waals surface area contributed by atoms with Gasteiger partial charge in [-0.05, 0) is 36.8 Å². The maximum Gasteiger partial charge on any atom is 0.253 e. The first-order valence-corrected chi connectivity index (χ1v) is 9.58. The molecule has 2 aromatic rings. The van der Waals surface area contributed by atoms with Crippen molar-refractivity contribution in [3.05, 3.63) is 46.2 Å². The maximum atomic E-state index is 13.0. The highest BCUT2D eigenvalue weighted by atomic mass is 16.2. The lowest BCUT2D eigenvalue weighted by molar-refractivity contribution is -0.137. The topological polar surface area (TPSA) is 53.2 Å². The zero-order chi connectivity index (χ0) is 17.6. The van der Waals surface area contributed by atoms with Gasteiger partial charge in [0.25, 0.3) is 5.56 Å². The summed E-state index contributed by atoms with van der Waals surface area (Å²) in [5.41, 5.74) is 1.44. The molecule has 0 bridgehead atoms. The molecule has 4 nitrogen and oxygen atoms in total. The Bertz CT molecular complexity index is 775. The minimum atomic E-state index is -0.0864. The first-order valence-electron chi connectivity index (χ1n) is 9.58. The summed E-state index contributed by atoms with van der Waals surface area (Å²) in [6, 6.07) is 9.71. The van der Waals surface area contributed by atoms with Gasteiger partial charge in [0.15, 0.2) is 0 Å². The van der Waals surface area contributed by atoms with Crippen molar-refractivity contribution >= 4 is 16.8 Å². The molecule has 134 valence electrons. The number of fused-ring (bicyclic) bond motifs is 1. The van der Waals surface area contributed by atoms with Gasteiger partial charge in [0.1, 0.15) is 0 Å². The summed E-state index contributed by atoms with van der Waals surface area (Å²) in [4.78, 5) is 30.3. The molecule has 0 unspecified atom stereocenters. The molecule has 1 heterocycles. The van der Waals surface area contributed by atoms with Gasteiger partial charge in [-0.25, -0.2) is 0 Å². The highest BCUT2D eigenvalue weighted by Gasteiger charge is 2.26. The largest absolute Gasteiger partial charge is 0.338 e. The number of nitrogens with zero attached hydrogens (tertiary/aromatic N) is 1. The predicted octanol–water partition coefficient (Wildman–Crippen LogP) is 4.24. The first-order chi connectivity index (χ1) is 12.2. The number of carbonyl (C=O) groups is 1. The Morgan fingerprint density at radius 3 is 2.72 bits per heavy atom. The quantitative estimate of drug-likeness (QED) is 0.855. The summed E-state index contributed by atoms with van der Waals surface area (Å²) in [7, 11) is 0. The molecular formula is C21H28N2O2. The summed E-state index contributed by atoms with van der Waals surface area (Å²) >= 11 is 0. The molecule has 1 aliphatic rings. The SMILES string of the molecule is CCCCN(Cc1cc2ccccc2[nH]c1=O)C(=O)C1CCCCC1. The third-order valence-electron chi connectivity index (χ3n) is 5.24. The average Bonchev–Trinajstić information content (AvgIpc) is 2.65. The van der Waals surface area contributed by atoms with Crippen LogP contribution < -0.4 is 5.56 Å². The molecule has 1 N–H and O–H groups in total. The van der Waals surface area contributed by atoms with Crippen LogP contribution >= 0.6 is 0 Å². The lowest BCUT2D eigenvalue weighted by Crippen LogP contribution is -2.38. The van der Waals surface area contributed by atoms with Gasteiger partial charge in [-0.15, -0.1) is 0 Å². The first kappa shape index (κ1) is 17.7. The molecule has 1 saturated carbocycles. The van der Waals surface area contributed by atoms with E-state index < -0.39 is 0 Å². The fraction of sp³-hybridized carbons (Fsp3) is 0.524. The van der Waals surface area contributed by atoms with Crippen LogP contribution in [-0.2, 0) is 11.3 Å². The Kier molecular flexibility index (Phi) is 5.90. The minimum absolute atomic E-state index is 0.0864. The lowest BCUT2D eigenvalue weighted by atomic mass is 9.88. The molecule has 0 aliphatic heterocycles. The van der Waals surface area contributed by atoms with Crippen LogP contribution in [-0.4, -0.2) is 22.3 Å². The molecule has 1 amide bonds. The van der Waals surface area contributed by atoms with Crippen LogP contribution in [0, 0.1) is 5.92 Å². The number of pyridine rings is 1. The van der Waals surface area contributed by atoms with Crippen LogP contribution in [0.2, 0.25) is 0 Å². The van der Waals surface area contributed by atoms with E-state index in [9.17, 15) is 9.59 Å². The maximum absolute atomic E-state index is 13.0. The molecule has 0 radical (unpaired) electrons. The number of H-pyrrole nitrogens is 1. The second kappa shape index (κ2) is 8.32. The van der Waals surface area contributed by atoms with Crippen molar-refractivity contribution in [3.8, 4) is 0 Å². The fourth-order valence-corrected chi connectivity index (χ4v) is 3.74. The van der Waals surface area contributed by atoms with E-state index in [1.54, 1.807) is 0 Å². The second-order valence-electron chi connectivity index (χ2n) is 7.16. The minimum Gasteiger partial charge on any atom is -0.338 e. The Labute approximate surface area is 149 Å². The Morgan fingerprint density at radius 2 is 1.96 bits per heavy atom. The van der Waals surface area contributed by atoms with E-state index in [2.05, 4.69) is 11.9 Å². The summed E-state index contributed by atoms with van der Waals surface area (Å²) in [6.07, 6.45) is 7.55. The van der Waals surface area contributed by atoms with Crippen LogP contribution in [0.25, 0.3) is 10.9 Å². The van der Waals surface area contributed by atoms with E-state index in [1.165, 1.54) is 6.42 Å². The van der Waals surface area contributed by atoms with Gasteiger partial charge in [-0.3, -0.25) is 9.59 Å². The molecule has 0 spiro atoms. The summed E-state index contributed by atoms with van der Waals surface area (Å²) in [6.45, 7) is 3.28. The molecule has 0 atom stereocenters. The number of para-hydroxylation sites is 1. The van der Waals surface area contributed by atoms with Crippen molar-refractivity contribution in [1.29, 1.82) is 0 Å². The van der Waals surface area contributed by atoms with Gasteiger partial charge in [0, 0.05) is 23.5 Å². The van der Waals surface area contributed by atoms with Gasteiger partial charge in [-0.2, -0.15) is 0 Å². The zero-order valence-corrected chi connectivity index (χ0v) is 15.1. The van der Waals surface area contributed by atoms with Crippen LogP contribution in [0.1, 0.15) is 57.4 Å². The Morgan fingerprint density at radius 1 is 1.20 bits per heavy atom. The third kappa shape index (κ3) is 4.30. The highest BCUT2D eigenvalue weighted by Crippen LogP contribution is 2.26. The highest BCUT2D eigenvalue weighted by molar-refractivity contribution is 5.80. The van der Waals surface area contributed by atoms with E-state index in [0.717, 1.165) is 56.0 Å². The van der Waals surface area contributed by atoms with Crippen LogP contribution in [0.15, 0.2) is 35.1 Å². The van der Waals surface area contributed by atoms with Crippen LogP contribution in [0.3, 0.4) is 0 Å². The van der Waals surface area contributed by atoms with Crippen molar-refractivity contribution in [3.63, 3.8) is 0 Å². The number of hydrogen-bond acceptors (Lipinski definition) is 2. The smallest absolute Gasteiger partial charge is 0.253 e. The summed E-state index contributed by atoms with van der Waals surface area (Å²) < 4.78 is 0. The average molecular weight is 340 g/mol. The van der Waals surface area contributed by atoms with Gasteiger partial charge in [0.05, 0.1) is 6.54 Å². The van der Waals surface area contributed by atoms with E-state index in [0.29, 0.717) is 12.1 Å². The molecule has 4 heteroatoms. The number of aromatic amines is 1. The van der Waals surface area contributed by atoms with E-state index in [-0.39, 0.29) is 17.4 Å². The zero-order valence-electron chi connectivity index (χ0n) is 15.1. The fourth-order valence-electron chi connectivity index (χ4n) is 3.74. The molecular weight excluding hydrogens is 312 g/mol. The standard InChI is InChI=1S/C21H28N2O2/c1-2-3-13-23(21(25)16-9-5-4-6-10-16)15-18-14-17-11-7-8-12-19(17)22-20(18)24/h7-8,11-12,14,16H,2-6,9-10,13,15H2,1H3,(H,22,24). The molecule has 1 aromatic carbocycles. The van der Waals surface area contributed by atoms with Crippen LogP contribution in [0.5, 0.6) is 0 Å². The van der Waals surface area contributed by atoms with E-state index in [4.69, 9.17) is 0 Å². The van der Waals surface area contributed by atoms with Crippen molar-refractivity contribution in [1.82, 2.24) is 9.88 Å². The molecule has 25 heavy (non-hydrogen) atoms. The van der Waals surface area contributed by atoms with Crippen molar-refractivity contribution in [2.75, 3.05) is 6.54 Å². The number of carbonyl (C=O) groups excluding carboxylic acids is 1. The Balaban J connectivity index is 1.83. The van der Waals surface area contributed by atoms with Gasteiger partial charge in [0.2, 0.25) is 5.91 Å². The van der Waals surface area contributed by atoms with E-state index in [1.807, 2.05) is 35.2 Å². The molecule has 0 saturated heterocycles. The third-order valence-corrected chi connectivity index (χ3v) is 5.24. The van der Waals surface area contributed by atoms with Crippen molar-refractivity contribution < 1.29 is 4.79 Å². The number of rotatable bonds is 6. The van der Waals surface area contributed by atoms with Crippen molar-refractivity contribution in [2.45, 2.75) is 58.4 Å². The number of hydrogen-bond donors (Lipinski definition) is 1.